The zero-order chi connectivity index (χ0) is 18.6. The number of hydrogen-bond donors (Lipinski definition) is 2. The molecule has 2 heterocycles. The number of hydrogen-bond acceptors (Lipinski definition) is 7. The molecule has 2 N–H and O–H groups in total. The quantitative estimate of drug-likeness (QED) is 0.726. The molecule has 2 aromatic heterocycles. The van der Waals surface area contributed by atoms with Crippen molar-refractivity contribution in [2.24, 2.45) is 0 Å². The Morgan fingerprint density at radius 2 is 2.16 bits per heavy atom. The van der Waals surface area contributed by atoms with Gasteiger partial charge < -0.3 is 19.4 Å². The molecule has 8 heteroatoms. The van der Waals surface area contributed by atoms with Gasteiger partial charge in [-0.25, -0.2) is 0 Å². The summed E-state index contributed by atoms with van der Waals surface area (Å²) in [5, 5.41) is 23.8. The Labute approximate surface area is 144 Å². The van der Waals surface area contributed by atoms with Gasteiger partial charge in [0, 0.05) is 24.4 Å². The molecule has 0 unspecified atom stereocenters. The normalized spacial score (nSPS) is 12.2. The van der Waals surface area contributed by atoms with E-state index in [0.717, 1.165) is 6.07 Å². The summed E-state index contributed by atoms with van der Waals surface area (Å²) in [5.74, 6) is -1.91. The number of aromatic nitrogens is 2. The average molecular weight is 350 g/mol. The largest absolute Gasteiger partial charge is 0.502 e. The fourth-order valence-electron chi connectivity index (χ4n) is 2.64. The summed E-state index contributed by atoms with van der Waals surface area (Å²) < 4.78 is 12.2. The van der Waals surface area contributed by atoms with Gasteiger partial charge in [-0.15, -0.1) is 0 Å². The monoisotopic (exact) mass is 350 g/mol. The van der Waals surface area contributed by atoms with E-state index in [1.807, 2.05) is 6.92 Å². The lowest BCUT2D eigenvalue weighted by Crippen LogP contribution is -2.15. The highest BCUT2D eigenvalue weighted by atomic mass is 16.5. The summed E-state index contributed by atoms with van der Waals surface area (Å²) >= 11 is 0. The number of aromatic hydroxyl groups is 1. The van der Waals surface area contributed by atoms with Crippen molar-refractivity contribution in [3.8, 4) is 5.75 Å². The minimum absolute atomic E-state index is 0.00666. The molecule has 136 valence electrons. The molecule has 1 atom stereocenters. The number of ether oxygens (including phenoxy) is 1. The Morgan fingerprint density at radius 3 is 2.72 bits per heavy atom. The van der Waals surface area contributed by atoms with Crippen molar-refractivity contribution in [2.75, 3.05) is 6.61 Å². The van der Waals surface area contributed by atoms with Gasteiger partial charge in [-0.1, -0.05) is 0 Å². The second-order valence-corrected chi connectivity index (χ2v) is 5.54. The van der Waals surface area contributed by atoms with E-state index < -0.39 is 29.7 Å². The molecular weight excluding hydrogens is 328 g/mol. The summed E-state index contributed by atoms with van der Waals surface area (Å²) in [6.45, 7) is 5.72. The molecule has 0 aliphatic heterocycles. The number of aliphatic hydroxyl groups is 1. The van der Waals surface area contributed by atoms with E-state index in [-0.39, 0.29) is 24.5 Å². The third-order valence-electron chi connectivity index (χ3n) is 3.83. The number of rotatable bonds is 7. The topological polar surface area (TPSA) is 115 Å². The zero-order valence-corrected chi connectivity index (χ0v) is 14.5. The number of carbonyl (C=O) groups excluding carboxylic acids is 1. The van der Waals surface area contributed by atoms with Crippen LogP contribution in [0, 0.1) is 6.92 Å². The molecule has 2 rings (SSSR count). The fraction of sp³-hybridized carbons (Fsp3) is 0.471. The average Bonchev–Trinajstić information content (AvgIpc) is 2.96. The van der Waals surface area contributed by atoms with E-state index in [1.165, 1.54) is 0 Å². The highest BCUT2D eigenvalue weighted by Gasteiger charge is 2.29. The maximum absolute atomic E-state index is 12.0. The van der Waals surface area contributed by atoms with Crippen molar-refractivity contribution in [3.63, 3.8) is 0 Å². The number of aliphatic hydroxyl groups excluding tert-OH is 1. The van der Waals surface area contributed by atoms with E-state index in [0.29, 0.717) is 17.8 Å². The summed E-state index contributed by atoms with van der Waals surface area (Å²) in [6, 6.07) is 1.02. The Kier molecular flexibility index (Phi) is 5.97. The summed E-state index contributed by atoms with van der Waals surface area (Å²) in [5.41, 5.74) is 0.607. The van der Waals surface area contributed by atoms with E-state index in [9.17, 15) is 19.8 Å². The lowest BCUT2D eigenvalue weighted by molar-refractivity contribution is -0.143. The smallest absolute Gasteiger partial charge is 0.306 e. The van der Waals surface area contributed by atoms with Crippen LogP contribution < -0.4 is 5.43 Å². The Morgan fingerprint density at radius 1 is 1.44 bits per heavy atom. The van der Waals surface area contributed by atoms with Gasteiger partial charge in [-0.05, 0) is 20.8 Å². The Bertz CT molecular complexity index is 808. The minimum atomic E-state index is -0.751. The van der Waals surface area contributed by atoms with Crippen molar-refractivity contribution in [1.82, 2.24) is 9.78 Å². The van der Waals surface area contributed by atoms with Gasteiger partial charge >= 0.3 is 5.97 Å². The number of aryl methyl sites for hydroxylation is 2. The van der Waals surface area contributed by atoms with Crippen molar-refractivity contribution < 1.29 is 24.2 Å². The maximum atomic E-state index is 12.0. The molecule has 0 radical (unpaired) electrons. The van der Waals surface area contributed by atoms with Crippen LogP contribution in [0.25, 0.3) is 0 Å². The highest BCUT2D eigenvalue weighted by molar-refractivity contribution is 5.71. The maximum Gasteiger partial charge on any atom is 0.306 e. The van der Waals surface area contributed by atoms with Crippen LogP contribution in [-0.4, -0.2) is 32.6 Å². The number of nitrogens with zero attached hydrogens (tertiary/aromatic N) is 2. The molecule has 0 bridgehead atoms. The first-order valence-electron chi connectivity index (χ1n) is 8.07. The lowest BCUT2D eigenvalue weighted by atomic mass is 9.92. The second-order valence-electron chi connectivity index (χ2n) is 5.54. The van der Waals surface area contributed by atoms with Gasteiger partial charge in [0.2, 0.25) is 11.2 Å². The third kappa shape index (κ3) is 4.08. The second kappa shape index (κ2) is 7.98. The number of carbonyl (C=O) groups is 1. The van der Waals surface area contributed by atoms with Gasteiger partial charge in [0.25, 0.3) is 0 Å². The molecule has 0 aliphatic carbocycles. The van der Waals surface area contributed by atoms with Crippen molar-refractivity contribution in [3.05, 3.63) is 45.3 Å². The molecule has 0 amide bonds. The van der Waals surface area contributed by atoms with Gasteiger partial charge in [0.15, 0.2) is 5.76 Å². The fourth-order valence-corrected chi connectivity index (χ4v) is 2.64. The molecule has 0 saturated carbocycles. The van der Waals surface area contributed by atoms with E-state index in [4.69, 9.17) is 9.15 Å². The van der Waals surface area contributed by atoms with Crippen molar-refractivity contribution in [1.29, 1.82) is 0 Å². The number of esters is 1. The molecule has 2 aromatic rings. The Hall–Kier alpha value is -2.61. The van der Waals surface area contributed by atoms with Crippen LogP contribution >= 0.6 is 0 Å². The lowest BCUT2D eigenvalue weighted by Gasteiger charge is -2.16. The van der Waals surface area contributed by atoms with Crippen LogP contribution in [0.4, 0.5) is 0 Å². The molecule has 0 aromatic carbocycles. The minimum Gasteiger partial charge on any atom is -0.502 e. The van der Waals surface area contributed by atoms with Gasteiger partial charge in [-0.2, -0.15) is 5.10 Å². The predicted octanol–water partition coefficient (Wildman–Crippen LogP) is 1.45. The molecule has 8 nitrogen and oxygen atoms in total. The van der Waals surface area contributed by atoms with Gasteiger partial charge in [0.1, 0.15) is 12.4 Å². The zero-order valence-electron chi connectivity index (χ0n) is 14.5. The molecule has 25 heavy (non-hydrogen) atoms. The van der Waals surface area contributed by atoms with E-state index >= 15 is 0 Å². The van der Waals surface area contributed by atoms with Crippen LogP contribution in [-0.2, 0) is 22.7 Å². The van der Waals surface area contributed by atoms with E-state index in [2.05, 4.69) is 5.10 Å². The van der Waals surface area contributed by atoms with Crippen molar-refractivity contribution in [2.45, 2.75) is 46.3 Å². The first-order chi connectivity index (χ1) is 11.9. The van der Waals surface area contributed by atoms with E-state index in [1.54, 1.807) is 24.7 Å². The first kappa shape index (κ1) is 18.7. The van der Waals surface area contributed by atoms with Gasteiger partial charge in [0.05, 0.1) is 24.6 Å². The molecular formula is C17H22N2O6. The molecule has 0 spiro atoms. The summed E-state index contributed by atoms with van der Waals surface area (Å²) in [4.78, 5) is 24.0. The summed E-state index contributed by atoms with van der Waals surface area (Å²) in [6.07, 6.45) is 1.61. The van der Waals surface area contributed by atoms with Crippen LogP contribution in [0.2, 0.25) is 0 Å². The highest BCUT2D eigenvalue weighted by Crippen LogP contribution is 2.34. The van der Waals surface area contributed by atoms with Crippen LogP contribution in [0.3, 0.4) is 0 Å². The molecule has 0 saturated heterocycles. The third-order valence-corrected chi connectivity index (χ3v) is 3.83. The SMILES string of the molecule is CCOC(=O)C[C@@H](c1cn(CC)nc1C)c1oc(CO)cc(=O)c1O. The summed E-state index contributed by atoms with van der Waals surface area (Å²) in [7, 11) is 0. The molecule has 0 fully saturated rings. The Balaban J connectivity index is 2.59. The van der Waals surface area contributed by atoms with Gasteiger partial charge in [-0.3, -0.25) is 14.3 Å². The van der Waals surface area contributed by atoms with Crippen LogP contribution in [0.1, 0.15) is 49.0 Å². The van der Waals surface area contributed by atoms with Crippen LogP contribution in [0.5, 0.6) is 5.75 Å². The first-order valence-corrected chi connectivity index (χ1v) is 8.07. The predicted molar refractivity (Wildman–Crippen MR) is 88.3 cm³/mol. The van der Waals surface area contributed by atoms with Crippen molar-refractivity contribution >= 4 is 5.97 Å². The standard InChI is InChI=1S/C17H22N2O6/c1-4-19-8-13(10(3)18-19)12(7-15(22)24-5-2)17-16(23)14(21)6-11(9-20)25-17/h6,8,12,20,23H,4-5,7,9H2,1-3H3/t12-/m0/s1. The molecule has 0 aliphatic rings. The van der Waals surface area contributed by atoms with Crippen LogP contribution in [0.15, 0.2) is 21.5 Å².